The quantitative estimate of drug-likeness (QED) is 0.854. The first kappa shape index (κ1) is 12.0. The maximum Gasteiger partial charge on any atom is 0.225 e. The van der Waals surface area contributed by atoms with Crippen LogP contribution in [0, 0.1) is 3.57 Å². The smallest absolute Gasteiger partial charge is 0.225 e. The van der Waals surface area contributed by atoms with Crippen molar-refractivity contribution in [2.75, 3.05) is 18.0 Å². The third-order valence-electron chi connectivity index (χ3n) is 2.98. The van der Waals surface area contributed by atoms with Crippen molar-refractivity contribution in [3.8, 4) is 0 Å². The SMILES string of the molecule is NCCCC1CCCN1c1ncc(I)cn1. The normalized spacial score (nSPS) is 20.4. The van der Waals surface area contributed by atoms with E-state index in [0.717, 1.165) is 35.4 Å². The Morgan fingerprint density at radius 2 is 2.19 bits per heavy atom. The summed E-state index contributed by atoms with van der Waals surface area (Å²) in [6, 6.07) is 0.587. The summed E-state index contributed by atoms with van der Waals surface area (Å²) in [6.45, 7) is 1.85. The average molecular weight is 332 g/mol. The summed E-state index contributed by atoms with van der Waals surface area (Å²) in [5.74, 6) is 0.875. The Hall–Kier alpha value is -0.430. The van der Waals surface area contributed by atoms with E-state index in [-0.39, 0.29) is 0 Å². The van der Waals surface area contributed by atoms with Crippen molar-refractivity contribution < 1.29 is 0 Å². The van der Waals surface area contributed by atoms with Crippen LogP contribution < -0.4 is 10.6 Å². The van der Waals surface area contributed by atoms with Crippen LogP contribution >= 0.6 is 22.6 Å². The summed E-state index contributed by atoms with van der Waals surface area (Å²) in [7, 11) is 0. The third kappa shape index (κ3) is 2.82. The molecule has 1 aliphatic heterocycles. The summed E-state index contributed by atoms with van der Waals surface area (Å²) < 4.78 is 1.08. The van der Waals surface area contributed by atoms with E-state index >= 15 is 0 Å². The summed E-state index contributed by atoms with van der Waals surface area (Å²) in [5, 5.41) is 0. The summed E-state index contributed by atoms with van der Waals surface area (Å²) in [4.78, 5) is 11.1. The van der Waals surface area contributed by atoms with Gasteiger partial charge in [-0.15, -0.1) is 0 Å². The fourth-order valence-electron chi connectivity index (χ4n) is 2.21. The van der Waals surface area contributed by atoms with Crippen LogP contribution in [0.25, 0.3) is 0 Å². The number of hydrogen-bond donors (Lipinski definition) is 1. The second kappa shape index (κ2) is 5.77. The number of rotatable bonds is 4. The zero-order chi connectivity index (χ0) is 11.4. The van der Waals surface area contributed by atoms with Gasteiger partial charge in [-0.3, -0.25) is 0 Å². The molecule has 1 unspecified atom stereocenters. The van der Waals surface area contributed by atoms with Gasteiger partial charge >= 0.3 is 0 Å². The van der Waals surface area contributed by atoms with Crippen molar-refractivity contribution >= 4 is 28.5 Å². The van der Waals surface area contributed by atoms with Crippen molar-refractivity contribution in [2.24, 2.45) is 5.73 Å². The summed E-state index contributed by atoms with van der Waals surface area (Å²) >= 11 is 2.23. The Bertz CT molecular complexity index is 327. The van der Waals surface area contributed by atoms with Crippen LogP contribution in [0.15, 0.2) is 12.4 Å². The van der Waals surface area contributed by atoms with E-state index in [0.29, 0.717) is 6.04 Å². The van der Waals surface area contributed by atoms with E-state index in [1.807, 2.05) is 12.4 Å². The molecule has 2 heterocycles. The van der Waals surface area contributed by atoms with Crippen LogP contribution in [0.2, 0.25) is 0 Å². The minimum Gasteiger partial charge on any atom is -0.338 e. The van der Waals surface area contributed by atoms with E-state index in [9.17, 15) is 0 Å². The molecule has 0 bridgehead atoms. The monoisotopic (exact) mass is 332 g/mol. The van der Waals surface area contributed by atoms with Crippen LogP contribution in [0.1, 0.15) is 25.7 Å². The lowest BCUT2D eigenvalue weighted by molar-refractivity contribution is 0.578. The maximum atomic E-state index is 5.56. The predicted molar refractivity (Wildman–Crippen MR) is 73.4 cm³/mol. The van der Waals surface area contributed by atoms with Gasteiger partial charge < -0.3 is 10.6 Å². The van der Waals surface area contributed by atoms with E-state index < -0.39 is 0 Å². The minimum absolute atomic E-state index is 0.587. The van der Waals surface area contributed by atoms with Crippen LogP contribution in [-0.4, -0.2) is 29.1 Å². The Labute approximate surface area is 110 Å². The van der Waals surface area contributed by atoms with Crippen molar-refractivity contribution in [3.05, 3.63) is 16.0 Å². The van der Waals surface area contributed by atoms with E-state index in [1.165, 1.54) is 12.8 Å². The molecule has 0 aromatic carbocycles. The van der Waals surface area contributed by atoms with Gasteiger partial charge in [0.1, 0.15) is 0 Å². The van der Waals surface area contributed by atoms with Gasteiger partial charge in [-0.1, -0.05) is 0 Å². The van der Waals surface area contributed by atoms with Gasteiger partial charge in [0.15, 0.2) is 0 Å². The number of nitrogens with zero attached hydrogens (tertiary/aromatic N) is 3. The van der Waals surface area contributed by atoms with E-state index in [4.69, 9.17) is 5.73 Å². The van der Waals surface area contributed by atoms with Crippen molar-refractivity contribution in [3.63, 3.8) is 0 Å². The molecule has 5 heteroatoms. The highest BCUT2D eigenvalue weighted by Crippen LogP contribution is 2.25. The standard InChI is InChI=1S/C11H17IN4/c12-9-7-14-11(15-8-9)16-6-2-4-10(16)3-1-5-13/h7-8,10H,1-6,13H2. The second-order valence-corrected chi connectivity index (χ2v) is 5.37. The number of anilines is 1. The molecule has 2 rings (SSSR count). The molecule has 0 radical (unpaired) electrons. The van der Waals surface area contributed by atoms with Gasteiger partial charge in [0, 0.05) is 28.6 Å². The van der Waals surface area contributed by atoms with Crippen LogP contribution in [-0.2, 0) is 0 Å². The molecular weight excluding hydrogens is 315 g/mol. The van der Waals surface area contributed by atoms with Crippen LogP contribution in [0.4, 0.5) is 5.95 Å². The molecule has 88 valence electrons. The van der Waals surface area contributed by atoms with Gasteiger partial charge in [0.05, 0.1) is 0 Å². The fraction of sp³-hybridized carbons (Fsp3) is 0.636. The summed E-state index contributed by atoms with van der Waals surface area (Å²) in [6.07, 6.45) is 8.49. The lowest BCUT2D eigenvalue weighted by Crippen LogP contribution is -2.31. The van der Waals surface area contributed by atoms with E-state index in [1.54, 1.807) is 0 Å². The van der Waals surface area contributed by atoms with Gasteiger partial charge in [-0.25, -0.2) is 9.97 Å². The zero-order valence-corrected chi connectivity index (χ0v) is 11.4. The van der Waals surface area contributed by atoms with Gasteiger partial charge in [-0.2, -0.15) is 0 Å². The lowest BCUT2D eigenvalue weighted by Gasteiger charge is -2.24. The first-order chi connectivity index (χ1) is 7.81. The molecule has 2 N–H and O–H groups in total. The lowest BCUT2D eigenvalue weighted by atomic mass is 10.1. The molecular formula is C11H17IN4. The summed E-state index contributed by atoms with van der Waals surface area (Å²) in [5.41, 5.74) is 5.56. The molecule has 1 fully saturated rings. The molecule has 1 atom stereocenters. The van der Waals surface area contributed by atoms with E-state index in [2.05, 4.69) is 37.5 Å². The number of halogens is 1. The predicted octanol–water partition coefficient (Wildman–Crippen LogP) is 1.79. The topological polar surface area (TPSA) is 55.0 Å². The molecule has 0 aliphatic carbocycles. The molecule has 16 heavy (non-hydrogen) atoms. The van der Waals surface area contributed by atoms with Gasteiger partial charge in [-0.05, 0) is 54.8 Å². The Kier molecular flexibility index (Phi) is 4.34. The highest BCUT2D eigenvalue weighted by molar-refractivity contribution is 14.1. The van der Waals surface area contributed by atoms with Crippen molar-refractivity contribution in [1.29, 1.82) is 0 Å². The molecule has 0 amide bonds. The maximum absolute atomic E-state index is 5.56. The van der Waals surface area contributed by atoms with Crippen LogP contribution in [0.5, 0.6) is 0 Å². The highest BCUT2D eigenvalue weighted by atomic mass is 127. The van der Waals surface area contributed by atoms with Crippen molar-refractivity contribution in [1.82, 2.24) is 9.97 Å². The first-order valence-electron chi connectivity index (χ1n) is 5.75. The molecule has 1 aromatic rings. The molecule has 1 aliphatic rings. The van der Waals surface area contributed by atoms with Gasteiger partial charge in [0.25, 0.3) is 0 Å². The number of nitrogens with two attached hydrogens (primary N) is 1. The average Bonchev–Trinajstić information content (AvgIpc) is 2.75. The molecule has 1 saturated heterocycles. The Morgan fingerprint density at radius 1 is 1.44 bits per heavy atom. The zero-order valence-electron chi connectivity index (χ0n) is 9.27. The van der Waals surface area contributed by atoms with Crippen molar-refractivity contribution in [2.45, 2.75) is 31.7 Å². The fourth-order valence-corrected chi connectivity index (χ4v) is 2.48. The first-order valence-corrected chi connectivity index (χ1v) is 6.83. The van der Waals surface area contributed by atoms with Gasteiger partial charge in [0.2, 0.25) is 5.95 Å². The second-order valence-electron chi connectivity index (χ2n) is 4.12. The molecule has 1 aromatic heterocycles. The number of hydrogen-bond acceptors (Lipinski definition) is 4. The molecule has 0 saturated carbocycles. The molecule has 0 spiro atoms. The third-order valence-corrected chi connectivity index (χ3v) is 3.54. The highest BCUT2D eigenvalue weighted by Gasteiger charge is 2.25. The largest absolute Gasteiger partial charge is 0.338 e. The van der Waals surface area contributed by atoms with Crippen LogP contribution in [0.3, 0.4) is 0 Å². The molecule has 4 nitrogen and oxygen atoms in total. The Morgan fingerprint density at radius 3 is 2.88 bits per heavy atom. The minimum atomic E-state index is 0.587. The Balaban J connectivity index is 2.04. The number of aromatic nitrogens is 2.